The normalized spacial score (nSPS) is 31.8. The lowest BCUT2D eigenvalue weighted by atomic mass is 9.75. The monoisotopic (exact) mass is 366 g/mol. The summed E-state index contributed by atoms with van der Waals surface area (Å²) in [6.45, 7) is 4.90. The van der Waals surface area contributed by atoms with E-state index in [1.807, 2.05) is 25.1 Å². The third-order valence-corrected chi connectivity index (χ3v) is 6.88. The van der Waals surface area contributed by atoms with Crippen molar-refractivity contribution in [1.82, 2.24) is 9.80 Å². The van der Waals surface area contributed by atoms with Crippen LogP contribution in [0.25, 0.3) is 0 Å². The van der Waals surface area contributed by atoms with Crippen molar-refractivity contribution in [3.05, 3.63) is 53.5 Å². The van der Waals surface area contributed by atoms with Crippen molar-refractivity contribution in [3.63, 3.8) is 0 Å². The molecule has 4 fully saturated rings. The topological polar surface area (TPSA) is 45.9 Å². The smallest absolute Gasteiger partial charge is 0.257 e. The van der Waals surface area contributed by atoms with Crippen molar-refractivity contribution in [2.75, 3.05) is 26.7 Å². The molecular weight excluding hydrogens is 340 g/mol. The Bertz CT molecular complexity index is 853. The van der Waals surface area contributed by atoms with Crippen molar-refractivity contribution in [1.29, 1.82) is 0 Å². The number of amides is 1. The maximum atomic E-state index is 13.4. The summed E-state index contributed by atoms with van der Waals surface area (Å²) in [6.07, 6.45) is 3.99. The van der Waals surface area contributed by atoms with Crippen LogP contribution in [0.4, 0.5) is 0 Å². The molecule has 4 aliphatic rings. The van der Waals surface area contributed by atoms with E-state index in [0.717, 1.165) is 25.4 Å². The van der Waals surface area contributed by atoms with Gasteiger partial charge < -0.3 is 14.1 Å². The Kier molecular flexibility index (Phi) is 4.01. The number of piperidine rings is 3. The van der Waals surface area contributed by atoms with Crippen LogP contribution in [-0.2, 0) is 0 Å². The molecule has 6 rings (SSSR count). The van der Waals surface area contributed by atoms with Gasteiger partial charge in [0.25, 0.3) is 5.91 Å². The Morgan fingerprint density at radius 3 is 2.63 bits per heavy atom. The highest BCUT2D eigenvalue weighted by Crippen LogP contribution is 2.48. The molecule has 0 aliphatic carbocycles. The second kappa shape index (κ2) is 6.41. The summed E-state index contributed by atoms with van der Waals surface area (Å²) in [6, 6.07) is 10.8. The number of carbonyl (C=O) groups is 1. The van der Waals surface area contributed by atoms with Gasteiger partial charge in [-0.15, -0.1) is 0 Å². The van der Waals surface area contributed by atoms with E-state index in [4.69, 9.17) is 9.15 Å². The highest BCUT2D eigenvalue weighted by molar-refractivity contribution is 5.95. The molecule has 0 radical (unpaired) electrons. The largest absolute Gasteiger partial charge is 0.496 e. The van der Waals surface area contributed by atoms with E-state index in [1.165, 1.54) is 18.4 Å². The zero-order valence-corrected chi connectivity index (χ0v) is 15.9. The van der Waals surface area contributed by atoms with E-state index in [2.05, 4.69) is 21.9 Å². The maximum Gasteiger partial charge on any atom is 0.257 e. The van der Waals surface area contributed by atoms with Crippen LogP contribution in [-0.4, -0.2) is 54.5 Å². The molecule has 0 spiro atoms. The van der Waals surface area contributed by atoms with Crippen molar-refractivity contribution in [2.45, 2.75) is 37.8 Å². The summed E-state index contributed by atoms with van der Waals surface area (Å²) in [7, 11) is 1.73. The quantitative estimate of drug-likeness (QED) is 0.836. The minimum absolute atomic E-state index is 0.113. The molecule has 3 atom stereocenters. The first-order chi connectivity index (χ1) is 13.2. The van der Waals surface area contributed by atoms with Gasteiger partial charge in [-0.1, -0.05) is 18.2 Å². The van der Waals surface area contributed by atoms with Crippen molar-refractivity contribution >= 4 is 5.91 Å². The van der Waals surface area contributed by atoms with Gasteiger partial charge in [-0.25, -0.2) is 0 Å². The fourth-order valence-corrected chi connectivity index (χ4v) is 5.66. The fourth-order valence-electron chi connectivity index (χ4n) is 5.66. The number of furan rings is 1. The van der Waals surface area contributed by atoms with E-state index in [-0.39, 0.29) is 17.9 Å². The predicted molar refractivity (Wildman–Crippen MR) is 102 cm³/mol. The number of methoxy groups -OCH3 is 1. The average Bonchev–Trinajstić information content (AvgIpc) is 3.33. The molecule has 4 aliphatic heterocycles. The molecule has 2 aromatic rings. The molecule has 27 heavy (non-hydrogen) atoms. The highest BCUT2D eigenvalue weighted by Gasteiger charge is 2.55. The average molecular weight is 366 g/mol. The number of hydrogen-bond acceptors (Lipinski definition) is 4. The van der Waals surface area contributed by atoms with Crippen LogP contribution < -0.4 is 4.74 Å². The predicted octanol–water partition coefficient (Wildman–Crippen LogP) is 3.30. The Morgan fingerprint density at radius 2 is 1.93 bits per heavy atom. The van der Waals surface area contributed by atoms with Crippen molar-refractivity contribution < 1.29 is 13.9 Å². The van der Waals surface area contributed by atoms with Gasteiger partial charge in [0.15, 0.2) is 0 Å². The van der Waals surface area contributed by atoms with Crippen LogP contribution in [0.5, 0.6) is 5.75 Å². The van der Waals surface area contributed by atoms with Crippen LogP contribution in [0.1, 0.15) is 40.4 Å². The number of hydrogen-bond donors (Lipinski definition) is 0. The number of para-hydroxylation sites is 1. The van der Waals surface area contributed by atoms with Gasteiger partial charge in [0.2, 0.25) is 0 Å². The van der Waals surface area contributed by atoms with Crippen LogP contribution >= 0.6 is 0 Å². The molecular formula is C22H26N2O3. The summed E-state index contributed by atoms with van der Waals surface area (Å²) in [5.41, 5.74) is 1.92. The zero-order valence-electron chi connectivity index (χ0n) is 15.9. The molecule has 5 nitrogen and oxygen atoms in total. The molecule has 142 valence electrons. The number of nitrogens with zero attached hydrogens (tertiary/aromatic N) is 2. The molecule has 0 N–H and O–H groups in total. The minimum Gasteiger partial charge on any atom is -0.496 e. The highest BCUT2D eigenvalue weighted by atomic mass is 16.5. The van der Waals surface area contributed by atoms with Crippen LogP contribution in [0.2, 0.25) is 0 Å². The fraction of sp³-hybridized carbons (Fsp3) is 0.500. The molecule has 1 amide bonds. The number of fused-ring (bicyclic) bond motifs is 2. The summed E-state index contributed by atoms with van der Waals surface area (Å²) < 4.78 is 11.1. The van der Waals surface area contributed by atoms with Gasteiger partial charge in [-0.2, -0.15) is 0 Å². The minimum atomic E-state index is 0.113. The van der Waals surface area contributed by atoms with Crippen molar-refractivity contribution in [2.24, 2.45) is 5.92 Å². The Hall–Kier alpha value is -2.27. The SMILES string of the molecule is COc1ccccc1[C@H]1CN(C(=O)c2ccoc2C)[C@H]2C3CCN(CC3)[C@@H]12. The third kappa shape index (κ3) is 2.52. The van der Waals surface area contributed by atoms with E-state index in [0.29, 0.717) is 23.3 Å². The van der Waals surface area contributed by atoms with E-state index in [1.54, 1.807) is 13.4 Å². The van der Waals surface area contributed by atoms with Gasteiger partial charge in [-0.3, -0.25) is 9.69 Å². The molecule has 5 heterocycles. The van der Waals surface area contributed by atoms with E-state index >= 15 is 0 Å². The van der Waals surface area contributed by atoms with E-state index in [9.17, 15) is 4.79 Å². The molecule has 0 saturated carbocycles. The lowest BCUT2D eigenvalue weighted by Crippen LogP contribution is -2.60. The molecule has 1 aromatic carbocycles. The van der Waals surface area contributed by atoms with Gasteiger partial charge >= 0.3 is 0 Å². The van der Waals surface area contributed by atoms with Crippen LogP contribution in [0.15, 0.2) is 41.0 Å². The molecule has 5 heteroatoms. The lowest BCUT2D eigenvalue weighted by molar-refractivity contribution is -0.00355. The number of carbonyl (C=O) groups excluding carboxylic acids is 1. The molecule has 1 aromatic heterocycles. The number of rotatable bonds is 3. The first-order valence-corrected chi connectivity index (χ1v) is 9.91. The first kappa shape index (κ1) is 16.9. The Morgan fingerprint density at radius 1 is 1.15 bits per heavy atom. The summed E-state index contributed by atoms with van der Waals surface area (Å²) in [5, 5.41) is 0. The van der Waals surface area contributed by atoms with Crippen LogP contribution in [0.3, 0.4) is 0 Å². The Balaban J connectivity index is 1.56. The third-order valence-electron chi connectivity index (χ3n) is 6.88. The molecule has 2 bridgehead atoms. The van der Waals surface area contributed by atoms with Gasteiger partial charge in [-0.05, 0) is 50.9 Å². The number of benzene rings is 1. The standard InChI is InChI=1S/C22H26N2O3/c1-14-16(9-12-27-14)22(25)24-13-18(17-5-3-4-6-19(17)26-2)21-20(24)15-7-10-23(21)11-8-15/h3-6,9,12,15,18,20-21H,7-8,10-11,13H2,1-2H3/t18-,20+,21+/m1/s1. The van der Waals surface area contributed by atoms with Gasteiger partial charge in [0, 0.05) is 24.1 Å². The second-order valence-electron chi connectivity index (χ2n) is 8.05. The van der Waals surface area contributed by atoms with Gasteiger partial charge in [0.1, 0.15) is 11.5 Å². The molecule has 0 unspecified atom stereocenters. The van der Waals surface area contributed by atoms with Crippen LogP contribution in [0, 0.1) is 12.8 Å². The zero-order chi connectivity index (χ0) is 18.5. The Labute approximate surface area is 159 Å². The van der Waals surface area contributed by atoms with Gasteiger partial charge in [0.05, 0.1) is 25.0 Å². The summed E-state index contributed by atoms with van der Waals surface area (Å²) in [4.78, 5) is 18.2. The first-order valence-electron chi connectivity index (χ1n) is 9.91. The van der Waals surface area contributed by atoms with Crippen molar-refractivity contribution in [3.8, 4) is 5.75 Å². The maximum absolute atomic E-state index is 13.4. The second-order valence-corrected chi connectivity index (χ2v) is 8.05. The van der Waals surface area contributed by atoms with E-state index < -0.39 is 0 Å². The number of aryl methyl sites for hydroxylation is 1. The lowest BCUT2D eigenvalue weighted by Gasteiger charge is -2.51. The summed E-state index contributed by atoms with van der Waals surface area (Å²) >= 11 is 0. The number of likely N-dealkylation sites (tertiary alicyclic amines) is 1. The number of ether oxygens (including phenoxy) is 1. The molecule has 4 saturated heterocycles. The summed E-state index contributed by atoms with van der Waals surface area (Å²) in [5.74, 6) is 2.62.